The lowest BCUT2D eigenvalue weighted by molar-refractivity contribution is -0.392. The Morgan fingerprint density at radius 2 is 1.82 bits per heavy atom. The van der Waals surface area contributed by atoms with Gasteiger partial charge in [-0.2, -0.15) is 23.1 Å². The summed E-state index contributed by atoms with van der Waals surface area (Å²) in [6, 6.07) is 0.855. The number of ether oxygens (including phenoxy) is 1. The Labute approximate surface area is 163 Å². The van der Waals surface area contributed by atoms with Gasteiger partial charge in [0.1, 0.15) is 16.0 Å². The first kappa shape index (κ1) is 21.4. The van der Waals surface area contributed by atoms with Crippen molar-refractivity contribution in [3.8, 4) is 6.01 Å². The van der Waals surface area contributed by atoms with Gasteiger partial charge in [-0.1, -0.05) is 23.2 Å². The van der Waals surface area contributed by atoms with E-state index in [1.54, 1.807) is 6.92 Å². The van der Waals surface area contributed by atoms with Gasteiger partial charge in [0.15, 0.2) is 5.69 Å². The van der Waals surface area contributed by atoms with Crippen molar-refractivity contribution in [1.29, 1.82) is 0 Å². The molecule has 0 aliphatic heterocycles. The zero-order chi connectivity index (χ0) is 21.2. The number of aromatic nitrogens is 2. The standard InChI is InChI=1S/C13H8Cl2F3N5O5/c1-2-28-12-19-7(14)4-8(21-12)20-10-6(22(24)25)3-5(13(16,17)18)9(15)11(10)23(26)27/h3-4H,2H2,1H3,(H,19,20,21). The van der Waals surface area contributed by atoms with Crippen LogP contribution in [0.25, 0.3) is 0 Å². The number of hydrogen-bond acceptors (Lipinski definition) is 8. The van der Waals surface area contributed by atoms with Crippen molar-refractivity contribution in [3.63, 3.8) is 0 Å². The lowest BCUT2D eigenvalue weighted by atomic mass is 10.1. The van der Waals surface area contributed by atoms with Crippen LogP contribution in [0.5, 0.6) is 6.01 Å². The van der Waals surface area contributed by atoms with Crippen LogP contribution in [-0.2, 0) is 6.18 Å². The number of nitro benzene ring substituents is 2. The number of anilines is 2. The average Bonchev–Trinajstić information content (AvgIpc) is 2.52. The number of benzene rings is 1. The zero-order valence-electron chi connectivity index (χ0n) is 13.6. The fourth-order valence-corrected chi connectivity index (χ4v) is 2.56. The quantitative estimate of drug-likeness (QED) is 0.385. The van der Waals surface area contributed by atoms with Crippen molar-refractivity contribution in [2.75, 3.05) is 11.9 Å². The van der Waals surface area contributed by atoms with E-state index in [1.165, 1.54) is 0 Å². The van der Waals surface area contributed by atoms with E-state index in [9.17, 15) is 33.4 Å². The molecule has 15 heteroatoms. The third kappa shape index (κ3) is 4.48. The third-order valence-electron chi connectivity index (χ3n) is 3.10. The molecule has 1 N–H and O–H groups in total. The molecule has 0 saturated heterocycles. The van der Waals surface area contributed by atoms with Gasteiger partial charge in [-0.15, -0.1) is 0 Å². The van der Waals surface area contributed by atoms with Gasteiger partial charge < -0.3 is 10.1 Å². The highest BCUT2D eigenvalue weighted by atomic mass is 35.5. The average molecular weight is 442 g/mol. The Hall–Kier alpha value is -2.93. The van der Waals surface area contributed by atoms with Crippen LogP contribution in [-0.4, -0.2) is 26.4 Å². The normalized spacial score (nSPS) is 11.2. The number of hydrogen-bond donors (Lipinski definition) is 1. The summed E-state index contributed by atoms with van der Waals surface area (Å²) < 4.78 is 44.3. The van der Waals surface area contributed by atoms with Crippen molar-refractivity contribution in [2.24, 2.45) is 0 Å². The second kappa shape index (κ2) is 7.98. The molecule has 0 bridgehead atoms. The molecule has 150 valence electrons. The predicted molar refractivity (Wildman–Crippen MR) is 91.3 cm³/mol. The Morgan fingerprint density at radius 3 is 2.32 bits per heavy atom. The molecule has 10 nitrogen and oxygen atoms in total. The highest BCUT2D eigenvalue weighted by Gasteiger charge is 2.42. The minimum Gasteiger partial charge on any atom is -0.464 e. The lowest BCUT2D eigenvalue weighted by Gasteiger charge is -2.13. The minimum absolute atomic E-state index is 0.0872. The molecule has 2 rings (SSSR count). The topological polar surface area (TPSA) is 133 Å². The van der Waals surface area contributed by atoms with Gasteiger partial charge in [-0.05, 0) is 6.92 Å². The van der Waals surface area contributed by atoms with E-state index >= 15 is 0 Å². The van der Waals surface area contributed by atoms with Crippen LogP contribution in [0.15, 0.2) is 12.1 Å². The maximum Gasteiger partial charge on any atom is 0.418 e. The van der Waals surface area contributed by atoms with Crippen molar-refractivity contribution in [1.82, 2.24) is 9.97 Å². The zero-order valence-corrected chi connectivity index (χ0v) is 15.1. The van der Waals surface area contributed by atoms with E-state index in [2.05, 4.69) is 15.3 Å². The van der Waals surface area contributed by atoms with E-state index in [0.29, 0.717) is 0 Å². The summed E-state index contributed by atoms with van der Waals surface area (Å²) in [5, 5.41) is 23.3. The van der Waals surface area contributed by atoms with Gasteiger partial charge in [0.25, 0.3) is 0 Å². The second-order valence-corrected chi connectivity index (χ2v) is 5.67. The van der Waals surface area contributed by atoms with Gasteiger partial charge in [-0.25, -0.2) is 0 Å². The van der Waals surface area contributed by atoms with E-state index in [1.807, 2.05) is 0 Å². The highest BCUT2D eigenvalue weighted by Crippen LogP contribution is 2.48. The van der Waals surface area contributed by atoms with Crippen molar-refractivity contribution >= 4 is 46.1 Å². The van der Waals surface area contributed by atoms with Gasteiger partial charge in [0.05, 0.1) is 22.0 Å². The maximum absolute atomic E-state index is 13.1. The van der Waals surface area contributed by atoms with Crippen molar-refractivity contribution in [2.45, 2.75) is 13.1 Å². The predicted octanol–water partition coefficient (Wildman–Crippen LogP) is 4.76. The number of nitrogens with one attached hydrogen (secondary N) is 1. The van der Waals surface area contributed by atoms with Crippen LogP contribution in [0, 0.1) is 20.2 Å². The van der Waals surface area contributed by atoms with E-state index in [0.717, 1.165) is 6.07 Å². The molecule has 0 saturated carbocycles. The smallest absolute Gasteiger partial charge is 0.418 e. The molecular formula is C13H8Cl2F3N5O5. The van der Waals surface area contributed by atoms with Crippen molar-refractivity contribution in [3.05, 3.63) is 48.1 Å². The Bertz CT molecular complexity index is 957. The molecule has 0 fully saturated rings. The summed E-state index contributed by atoms with van der Waals surface area (Å²) in [6.07, 6.45) is -5.16. The van der Waals surface area contributed by atoms with Gasteiger partial charge in [0.2, 0.25) is 0 Å². The molecule has 0 aliphatic carbocycles. The molecule has 0 atom stereocenters. The molecule has 0 aliphatic rings. The fourth-order valence-electron chi connectivity index (χ4n) is 2.06. The first-order valence-electron chi connectivity index (χ1n) is 7.12. The minimum atomic E-state index is -5.16. The van der Waals surface area contributed by atoms with Crippen LogP contribution >= 0.6 is 23.2 Å². The summed E-state index contributed by atoms with van der Waals surface area (Å²) >= 11 is 11.3. The first-order chi connectivity index (χ1) is 13.0. The summed E-state index contributed by atoms with van der Waals surface area (Å²) in [5.74, 6) is -0.300. The van der Waals surface area contributed by atoms with Crippen LogP contribution in [0.4, 0.5) is 36.1 Å². The Balaban J connectivity index is 2.74. The molecule has 2 aromatic rings. The molecule has 1 aromatic heterocycles. The van der Waals surface area contributed by atoms with Gasteiger partial charge >= 0.3 is 23.6 Å². The summed E-state index contributed by atoms with van der Waals surface area (Å²) in [6.45, 7) is 1.73. The fraction of sp³-hybridized carbons (Fsp3) is 0.231. The maximum atomic E-state index is 13.1. The molecule has 0 spiro atoms. The van der Waals surface area contributed by atoms with E-state index in [4.69, 9.17) is 27.9 Å². The summed E-state index contributed by atoms with van der Waals surface area (Å²) in [7, 11) is 0. The third-order valence-corrected chi connectivity index (χ3v) is 3.68. The molecule has 0 amide bonds. The van der Waals surface area contributed by atoms with E-state index < -0.39 is 43.7 Å². The SMILES string of the molecule is CCOc1nc(Cl)cc(Nc2c([N+](=O)[O-])cc(C(F)(F)F)c(Cl)c2[N+](=O)[O-])n1. The monoisotopic (exact) mass is 441 g/mol. The Kier molecular flexibility index (Phi) is 6.09. The molecule has 0 unspecified atom stereocenters. The summed E-state index contributed by atoms with van der Waals surface area (Å²) in [4.78, 5) is 27.6. The number of alkyl halides is 3. The number of rotatable bonds is 6. The molecule has 28 heavy (non-hydrogen) atoms. The van der Waals surface area contributed by atoms with E-state index in [-0.39, 0.29) is 29.7 Å². The molecule has 1 heterocycles. The van der Waals surface area contributed by atoms with Gasteiger partial charge in [-0.3, -0.25) is 20.2 Å². The molecule has 0 radical (unpaired) electrons. The summed E-state index contributed by atoms with van der Waals surface area (Å²) in [5.41, 5.74) is -5.23. The van der Waals surface area contributed by atoms with Crippen LogP contribution in [0.3, 0.4) is 0 Å². The van der Waals surface area contributed by atoms with Crippen LogP contribution in [0.2, 0.25) is 10.2 Å². The first-order valence-corrected chi connectivity index (χ1v) is 7.88. The van der Waals surface area contributed by atoms with Crippen LogP contribution in [0.1, 0.15) is 12.5 Å². The van der Waals surface area contributed by atoms with Crippen molar-refractivity contribution < 1.29 is 27.8 Å². The number of nitro groups is 2. The molecule has 1 aromatic carbocycles. The highest BCUT2D eigenvalue weighted by molar-refractivity contribution is 6.34. The van der Waals surface area contributed by atoms with Gasteiger partial charge in [0, 0.05) is 12.1 Å². The largest absolute Gasteiger partial charge is 0.464 e. The number of halogens is 5. The lowest BCUT2D eigenvalue weighted by Crippen LogP contribution is -2.11. The number of nitrogens with zero attached hydrogens (tertiary/aromatic N) is 4. The molecular weight excluding hydrogens is 434 g/mol. The van der Waals surface area contributed by atoms with Crippen LogP contribution < -0.4 is 10.1 Å². The second-order valence-electron chi connectivity index (χ2n) is 4.91. The Morgan fingerprint density at radius 1 is 1.18 bits per heavy atom.